The van der Waals surface area contributed by atoms with Crippen molar-refractivity contribution >= 4 is 11.3 Å². The highest BCUT2D eigenvalue weighted by Crippen LogP contribution is 2.40. The second-order valence-electron chi connectivity index (χ2n) is 4.57. The van der Waals surface area contributed by atoms with Crippen LogP contribution in [0.2, 0.25) is 0 Å². The zero-order chi connectivity index (χ0) is 10.0. The van der Waals surface area contributed by atoms with Gasteiger partial charge in [0.05, 0.1) is 0 Å². The highest BCUT2D eigenvalue weighted by molar-refractivity contribution is 7.10. The second kappa shape index (κ2) is 4.03. The zero-order valence-electron chi connectivity index (χ0n) is 9.05. The van der Waals surface area contributed by atoms with Crippen LogP contribution in [0.1, 0.15) is 31.6 Å². The third kappa shape index (κ3) is 1.61. The summed E-state index contributed by atoms with van der Waals surface area (Å²) in [5.74, 6) is 0.731. The average Bonchev–Trinajstić information content (AvgIpc) is 2.72. The standard InChI is InChI=1S/C12H19NS/c1-10(2)12(6-4-7-13-9-12)11-5-3-8-14-11/h3,5,8,10,13H,4,6-7,9H2,1-2H3. The molecule has 1 aliphatic rings. The molecular formula is C12H19NS. The van der Waals surface area contributed by atoms with Gasteiger partial charge in [0.15, 0.2) is 0 Å². The van der Waals surface area contributed by atoms with Crippen molar-refractivity contribution in [2.24, 2.45) is 5.92 Å². The molecule has 14 heavy (non-hydrogen) atoms. The Hall–Kier alpha value is -0.340. The van der Waals surface area contributed by atoms with Crippen molar-refractivity contribution < 1.29 is 0 Å². The molecule has 1 aliphatic heterocycles. The first-order valence-electron chi connectivity index (χ1n) is 5.50. The van der Waals surface area contributed by atoms with Gasteiger partial charge >= 0.3 is 0 Å². The van der Waals surface area contributed by atoms with Crippen molar-refractivity contribution in [3.8, 4) is 0 Å². The van der Waals surface area contributed by atoms with Crippen LogP contribution >= 0.6 is 11.3 Å². The topological polar surface area (TPSA) is 12.0 Å². The van der Waals surface area contributed by atoms with Crippen molar-refractivity contribution in [1.82, 2.24) is 5.32 Å². The molecule has 1 aromatic heterocycles. The third-order valence-corrected chi connectivity index (χ3v) is 4.62. The largest absolute Gasteiger partial charge is 0.316 e. The maximum absolute atomic E-state index is 3.55. The van der Waals surface area contributed by atoms with Gasteiger partial charge in [0.1, 0.15) is 0 Å². The molecule has 2 heterocycles. The van der Waals surface area contributed by atoms with Crippen LogP contribution in [-0.2, 0) is 5.41 Å². The van der Waals surface area contributed by atoms with Gasteiger partial charge in [-0.15, -0.1) is 11.3 Å². The first kappa shape index (κ1) is 10.2. The predicted octanol–water partition coefficient (Wildman–Crippen LogP) is 3.03. The summed E-state index contributed by atoms with van der Waals surface area (Å²) in [6, 6.07) is 4.48. The van der Waals surface area contributed by atoms with Gasteiger partial charge in [-0.2, -0.15) is 0 Å². The maximum Gasteiger partial charge on any atom is 0.0195 e. The lowest BCUT2D eigenvalue weighted by molar-refractivity contribution is 0.238. The number of thiophene rings is 1. The summed E-state index contributed by atoms with van der Waals surface area (Å²) in [5.41, 5.74) is 0.409. The van der Waals surface area contributed by atoms with Crippen LogP contribution in [0.4, 0.5) is 0 Å². The molecule has 2 rings (SSSR count). The van der Waals surface area contributed by atoms with Crippen molar-refractivity contribution in [2.45, 2.75) is 32.1 Å². The Morgan fingerprint density at radius 2 is 2.36 bits per heavy atom. The van der Waals surface area contributed by atoms with E-state index in [1.165, 1.54) is 19.4 Å². The Bertz CT molecular complexity index is 271. The molecule has 1 fully saturated rings. The molecule has 1 saturated heterocycles. The van der Waals surface area contributed by atoms with Gasteiger partial charge in [0, 0.05) is 16.8 Å². The molecule has 1 nitrogen and oxygen atoms in total. The molecule has 0 saturated carbocycles. The highest BCUT2D eigenvalue weighted by atomic mass is 32.1. The molecule has 1 N–H and O–H groups in total. The Morgan fingerprint density at radius 3 is 2.86 bits per heavy atom. The second-order valence-corrected chi connectivity index (χ2v) is 5.52. The monoisotopic (exact) mass is 209 g/mol. The van der Waals surface area contributed by atoms with E-state index >= 15 is 0 Å². The third-order valence-electron chi connectivity index (χ3n) is 3.53. The molecule has 1 atom stereocenters. The minimum Gasteiger partial charge on any atom is -0.316 e. The van der Waals surface area contributed by atoms with E-state index in [9.17, 15) is 0 Å². The Morgan fingerprint density at radius 1 is 1.50 bits per heavy atom. The summed E-state index contributed by atoms with van der Waals surface area (Å²) in [7, 11) is 0. The molecule has 78 valence electrons. The first-order chi connectivity index (χ1) is 6.76. The van der Waals surface area contributed by atoms with Crippen LogP contribution in [0.25, 0.3) is 0 Å². The van der Waals surface area contributed by atoms with Gasteiger partial charge < -0.3 is 5.32 Å². The van der Waals surface area contributed by atoms with E-state index in [4.69, 9.17) is 0 Å². The highest BCUT2D eigenvalue weighted by Gasteiger charge is 2.37. The minimum atomic E-state index is 0.409. The van der Waals surface area contributed by atoms with Crippen LogP contribution in [0.3, 0.4) is 0 Å². The summed E-state index contributed by atoms with van der Waals surface area (Å²) in [6.45, 7) is 7.06. The Balaban J connectivity index is 2.30. The zero-order valence-corrected chi connectivity index (χ0v) is 9.86. The van der Waals surface area contributed by atoms with Crippen LogP contribution in [0, 0.1) is 5.92 Å². The SMILES string of the molecule is CC(C)C1(c2cccs2)CCCNC1. The normalized spacial score (nSPS) is 28.2. The Kier molecular flexibility index (Phi) is 2.93. The van der Waals surface area contributed by atoms with Gasteiger partial charge in [0.2, 0.25) is 0 Å². The number of hydrogen-bond acceptors (Lipinski definition) is 2. The molecule has 0 aromatic carbocycles. The van der Waals surface area contributed by atoms with Crippen molar-refractivity contribution in [1.29, 1.82) is 0 Å². The molecular weight excluding hydrogens is 190 g/mol. The molecule has 0 aliphatic carbocycles. The summed E-state index contributed by atoms with van der Waals surface area (Å²) in [5, 5.41) is 5.75. The van der Waals surface area contributed by atoms with E-state index < -0.39 is 0 Å². The van der Waals surface area contributed by atoms with Crippen LogP contribution in [-0.4, -0.2) is 13.1 Å². The lowest BCUT2D eigenvalue weighted by Crippen LogP contribution is -2.46. The van der Waals surface area contributed by atoms with E-state index in [-0.39, 0.29) is 0 Å². The summed E-state index contributed by atoms with van der Waals surface area (Å²) in [4.78, 5) is 1.57. The molecule has 0 bridgehead atoms. The van der Waals surface area contributed by atoms with E-state index in [2.05, 4.69) is 36.7 Å². The fourth-order valence-corrected chi connectivity index (χ4v) is 3.58. The number of hydrogen-bond donors (Lipinski definition) is 1. The van der Waals surface area contributed by atoms with Crippen molar-refractivity contribution in [3.05, 3.63) is 22.4 Å². The van der Waals surface area contributed by atoms with Crippen LogP contribution in [0.15, 0.2) is 17.5 Å². The number of nitrogens with one attached hydrogen (secondary N) is 1. The lowest BCUT2D eigenvalue weighted by atomic mass is 9.71. The first-order valence-corrected chi connectivity index (χ1v) is 6.38. The van der Waals surface area contributed by atoms with Gasteiger partial charge in [-0.3, -0.25) is 0 Å². The van der Waals surface area contributed by atoms with Crippen LogP contribution in [0.5, 0.6) is 0 Å². The molecule has 1 aromatic rings. The minimum absolute atomic E-state index is 0.409. The van der Waals surface area contributed by atoms with Gasteiger partial charge in [-0.1, -0.05) is 19.9 Å². The lowest BCUT2D eigenvalue weighted by Gasteiger charge is -2.40. The van der Waals surface area contributed by atoms with E-state index in [1.807, 2.05) is 11.3 Å². The van der Waals surface area contributed by atoms with Gasteiger partial charge in [-0.25, -0.2) is 0 Å². The van der Waals surface area contributed by atoms with Crippen LogP contribution < -0.4 is 5.32 Å². The van der Waals surface area contributed by atoms with Gasteiger partial charge in [0.25, 0.3) is 0 Å². The maximum atomic E-state index is 3.55. The number of piperidine rings is 1. The summed E-state index contributed by atoms with van der Waals surface area (Å²) >= 11 is 1.92. The molecule has 0 radical (unpaired) electrons. The average molecular weight is 209 g/mol. The summed E-state index contributed by atoms with van der Waals surface area (Å²) < 4.78 is 0. The molecule has 2 heteroatoms. The summed E-state index contributed by atoms with van der Waals surface area (Å²) in [6.07, 6.45) is 2.66. The van der Waals surface area contributed by atoms with E-state index in [0.29, 0.717) is 5.41 Å². The smallest absolute Gasteiger partial charge is 0.0195 e. The molecule has 0 spiro atoms. The van der Waals surface area contributed by atoms with Crippen molar-refractivity contribution in [2.75, 3.05) is 13.1 Å². The van der Waals surface area contributed by atoms with Gasteiger partial charge in [-0.05, 0) is 36.8 Å². The van der Waals surface area contributed by atoms with Crippen molar-refractivity contribution in [3.63, 3.8) is 0 Å². The molecule has 1 unspecified atom stereocenters. The van der Waals surface area contributed by atoms with E-state index in [0.717, 1.165) is 12.5 Å². The fraction of sp³-hybridized carbons (Fsp3) is 0.667. The molecule has 0 amide bonds. The number of rotatable bonds is 2. The fourth-order valence-electron chi connectivity index (χ4n) is 2.48. The predicted molar refractivity (Wildman–Crippen MR) is 62.9 cm³/mol. The Labute approximate surface area is 90.5 Å². The van der Waals surface area contributed by atoms with E-state index in [1.54, 1.807) is 4.88 Å². The quantitative estimate of drug-likeness (QED) is 0.789.